The van der Waals surface area contributed by atoms with Crippen molar-refractivity contribution in [1.82, 2.24) is 14.8 Å². The lowest BCUT2D eigenvalue weighted by Crippen LogP contribution is -2.15. The van der Waals surface area contributed by atoms with Crippen molar-refractivity contribution in [2.75, 3.05) is 7.11 Å². The van der Waals surface area contributed by atoms with Gasteiger partial charge in [0.1, 0.15) is 0 Å². The second kappa shape index (κ2) is 8.39. The number of ether oxygens (including phenoxy) is 2. The van der Waals surface area contributed by atoms with E-state index in [1.165, 1.54) is 7.11 Å². The van der Waals surface area contributed by atoms with Gasteiger partial charge in [0.2, 0.25) is 5.69 Å². The van der Waals surface area contributed by atoms with E-state index < -0.39 is 12.1 Å². The van der Waals surface area contributed by atoms with Crippen LogP contribution in [0.25, 0.3) is 5.69 Å². The molecule has 2 heterocycles. The van der Waals surface area contributed by atoms with Crippen molar-refractivity contribution in [2.45, 2.75) is 6.10 Å². The van der Waals surface area contributed by atoms with Crippen molar-refractivity contribution in [3.05, 3.63) is 108 Å². The minimum Gasteiger partial charge on any atom is -0.493 e. The summed E-state index contributed by atoms with van der Waals surface area (Å²) in [6.45, 7) is 0. The molecule has 0 aliphatic rings. The summed E-state index contributed by atoms with van der Waals surface area (Å²) in [5.41, 5.74) is 2.37. The fourth-order valence-electron chi connectivity index (χ4n) is 2.98. The molecule has 0 spiro atoms. The number of nitrogens with zero attached hydrogens (tertiary/aromatic N) is 3. The summed E-state index contributed by atoms with van der Waals surface area (Å²) >= 11 is 0. The predicted octanol–water partition coefficient (Wildman–Crippen LogP) is 4.22. The molecule has 1 atom stereocenters. The normalized spacial score (nSPS) is 11.6. The summed E-state index contributed by atoms with van der Waals surface area (Å²) in [4.78, 5) is 17.4. The van der Waals surface area contributed by atoms with Crippen LogP contribution in [0.15, 0.2) is 91.3 Å². The van der Waals surface area contributed by atoms with Gasteiger partial charge >= 0.3 is 5.97 Å². The van der Waals surface area contributed by atoms with Crippen molar-refractivity contribution < 1.29 is 14.3 Å². The highest BCUT2D eigenvalue weighted by Gasteiger charge is 2.26. The average Bonchev–Trinajstić information content (AvgIpc) is 3.24. The molecule has 1 unspecified atom stereocenters. The first-order valence-electron chi connectivity index (χ1n) is 9.12. The van der Waals surface area contributed by atoms with Gasteiger partial charge in [0.25, 0.3) is 0 Å². The lowest BCUT2D eigenvalue weighted by Gasteiger charge is -2.17. The van der Waals surface area contributed by atoms with Gasteiger partial charge in [-0.25, -0.2) is 9.48 Å². The average molecular weight is 385 g/mol. The van der Waals surface area contributed by atoms with Crippen LogP contribution in [0.3, 0.4) is 0 Å². The predicted molar refractivity (Wildman–Crippen MR) is 108 cm³/mol. The molecular weight excluding hydrogens is 366 g/mol. The van der Waals surface area contributed by atoms with E-state index in [1.807, 2.05) is 78.9 Å². The summed E-state index contributed by atoms with van der Waals surface area (Å²) in [5, 5.41) is 4.39. The largest absolute Gasteiger partial charge is 0.493 e. The maximum Gasteiger partial charge on any atom is 0.363 e. The number of esters is 1. The number of rotatable bonds is 6. The molecule has 29 heavy (non-hydrogen) atoms. The van der Waals surface area contributed by atoms with Crippen LogP contribution in [-0.4, -0.2) is 27.8 Å². The first kappa shape index (κ1) is 18.4. The molecule has 2 aromatic carbocycles. The molecule has 0 bridgehead atoms. The first-order valence-corrected chi connectivity index (χ1v) is 9.12. The van der Waals surface area contributed by atoms with Gasteiger partial charge in [0.15, 0.2) is 11.9 Å². The number of hydrogen-bond donors (Lipinski definition) is 0. The third kappa shape index (κ3) is 4.01. The van der Waals surface area contributed by atoms with Crippen molar-refractivity contribution in [2.24, 2.45) is 0 Å². The number of aromatic nitrogens is 3. The lowest BCUT2D eigenvalue weighted by molar-refractivity contribution is 0.0359. The number of methoxy groups -OCH3 is 1. The van der Waals surface area contributed by atoms with Gasteiger partial charge in [0.05, 0.1) is 24.7 Å². The Morgan fingerprint density at radius 3 is 2.28 bits per heavy atom. The van der Waals surface area contributed by atoms with Crippen molar-refractivity contribution in [1.29, 1.82) is 0 Å². The molecule has 0 fully saturated rings. The third-order valence-corrected chi connectivity index (χ3v) is 4.40. The Morgan fingerprint density at radius 1 is 0.931 bits per heavy atom. The van der Waals surface area contributed by atoms with Crippen LogP contribution in [0, 0.1) is 0 Å². The highest BCUT2D eigenvalue weighted by atomic mass is 16.5. The van der Waals surface area contributed by atoms with Gasteiger partial charge in [-0.1, -0.05) is 54.6 Å². The van der Waals surface area contributed by atoms with Crippen LogP contribution < -0.4 is 4.74 Å². The van der Waals surface area contributed by atoms with E-state index in [9.17, 15) is 4.79 Å². The first-order chi connectivity index (χ1) is 14.3. The molecule has 6 nitrogen and oxygen atoms in total. The maximum atomic E-state index is 13.0. The fourth-order valence-corrected chi connectivity index (χ4v) is 2.98. The molecule has 144 valence electrons. The number of benzene rings is 2. The second-order valence-corrected chi connectivity index (χ2v) is 6.28. The highest BCUT2D eigenvalue weighted by Crippen LogP contribution is 2.28. The second-order valence-electron chi connectivity index (χ2n) is 6.28. The van der Waals surface area contributed by atoms with Crippen LogP contribution in [0.5, 0.6) is 5.75 Å². The Kier molecular flexibility index (Phi) is 5.33. The maximum absolute atomic E-state index is 13.0. The van der Waals surface area contributed by atoms with E-state index in [4.69, 9.17) is 9.47 Å². The van der Waals surface area contributed by atoms with Crippen molar-refractivity contribution >= 4 is 5.97 Å². The van der Waals surface area contributed by atoms with Gasteiger partial charge in [-0.3, -0.25) is 4.98 Å². The summed E-state index contributed by atoms with van der Waals surface area (Å²) in [7, 11) is 1.50. The Morgan fingerprint density at radius 2 is 1.62 bits per heavy atom. The van der Waals surface area contributed by atoms with Crippen molar-refractivity contribution in [3.8, 4) is 11.4 Å². The number of hydrogen-bond acceptors (Lipinski definition) is 5. The van der Waals surface area contributed by atoms with Gasteiger partial charge in [-0.15, -0.1) is 0 Å². The molecule has 6 heteroatoms. The molecule has 0 aliphatic carbocycles. The lowest BCUT2D eigenvalue weighted by atomic mass is 10.1. The van der Waals surface area contributed by atoms with Crippen LogP contribution >= 0.6 is 0 Å². The monoisotopic (exact) mass is 385 g/mol. The molecule has 0 aliphatic heterocycles. The van der Waals surface area contributed by atoms with Gasteiger partial charge in [-0.05, 0) is 29.8 Å². The van der Waals surface area contributed by atoms with Crippen LogP contribution in [0.4, 0.5) is 0 Å². The van der Waals surface area contributed by atoms with E-state index >= 15 is 0 Å². The zero-order chi connectivity index (χ0) is 20.1. The summed E-state index contributed by atoms with van der Waals surface area (Å²) in [5.74, 6) is -0.247. The Labute approximate surface area is 168 Å². The number of carbonyl (C=O) groups excluding carboxylic acids is 1. The van der Waals surface area contributed by atoms with Crippen LogP contribution in [-0.2, 0) is 4.74 Å². The Hall–Kier alpha value is -3.93. The van der Waals surface area contributed by atoms with E-state index in [2.05, 4.69) is 10.1 Å². The highest BCUT2D eigenvalue weighted by molar-refractivity contribution is 5.90. The fraction of sp³-hybridized carbons (Fsp3) is 0.0870. The van der Waals surface area contributed by atoms with Gasteiger partial charge in [0, 0.05) is 6.20 Å². The summed E-state index contributed by atoms with van der Waals surface area (Å²) in [6.07, 6.45) is 2.67. The molecule has 4 aromatic rings. The molecule has 0 amide bonds. The standard InChI is InChI=1S/C23H19N3O3/c1-28-20-16-26(18-12-6-3-7-13-18)25-21(20)23(27)29-22(17-10-4-2-5-11-17)19-14-8-9-15-24-19/h2-16,22H,1H3. The van der Waals surface area contributed by atoms with Gasteiger partial charge < -0.3 is 9.47 Å². The molecule has 0 N–H and O–H groups in total. The summed E-state index contributed by atoms with van der Waals surface area (Å²) in [6, 6.07) is 24.5. The van der Waals surface area contributed by atoms with Crippen LogP contribution in [0.2, 0.25) is 0 Å². The van der Waals surface area contributed by atoms with E-state index in [1.54, 1.807) is 17.1 Å². The molecule has 2 aromatic heterocycles. The van der Waals surface area contributed by atoms with E-state index in [0.29, 0.717) is 11.4 Å². The number of pyridine rings is 1. The Bertz CT molecular complexity index is 1040. The minimum atomic E-state index is -0.656. The molecule has 0 radical (unpaired) electrons. The third-order valence-electron chi connectivity index (χ3n) is 4.40. The minimum absolute atomic E-state index is 0.105. The topological polar surface area (TPSA) is 66.2 Å². The van der Waals surface area contributed by atoms with Gasteiger partial charge in [-0.2, -0.15) is 5.10 Å². The number of carbonyl (C=O) groups is 1. The molecule has 0 saturated carbocycles. The Balaban J connectivity index is 1.67. The van der Waals surface area contributed by atoms with E-state index in [-0.39, 0.29) is 5.69 Å². The molecule has 4 rings (SSSR count). The number of para-hydroxylation sites is 1. The zero-order valence-corrected chi connectivity index (χ0v) is 15.8. The summed E-state index contributed by atoms with van der Waals surface area (Å²) < 4.78 is 12.8. The zero-order valence-electron chi connectivity index (χ0n) is 15.8. The molecular formula is C23H19N3O3. The van der Waals surface area contributed by atoms with Crippen LogP contribution in [0.1, 0.15) is 27.8 Å². The SMILES string of the molecule is COc1cn(-c2ccccc2)nc1C(=O)OC(c1ccccc1)c1ccccn1. The quantitative estimate of drug-likeness (QED) is 0.465. The van der Waals surface area contributed by atoms with E-state index in [0.717, 1.165) is 11.3 Å². The van der Waals surface area contributed by atoms with Crippen molar-refractivity contribution in [3.63, 3.8) is 0 Å². The molecule has 0 saturated heterocycles. The smallest absolute Gasteiger partial charge is 0.363 e.